The summed E-state index contributed by atoms with van der Waals surface area (Å²) in [6.45, 7) is 6.01. The van der Waals surface area contributed by atoms with Crippen LogP contribution in [-0.4, -0.2) is 35.6 Å². The molecule has 0 saturated carbocycles. The summed E-state index contributed by atoms with van der Waals surface area (Å²) in [4.78, 5) is 27.3. The Labute approximate surface area is 182 Å². The van der Waals surface area contributed by atoms with E-state index in [9.17, 15) is 9.59 Å². The van der Waals surface area contributed by atoms with Gasteiger partial charge in [0.25, 0.3) is 0 Å². The Kier molecular flexibility index (Phi) is 7.21. The largest absolute Gasteiger partial charge is 0.454 e. The summed E-state index contributed by atoms with van der Waals surface area (Å²) in [5, 5.41) is 3.46. The molecule has 2 aromatic rings. The van der Waals surface area contributed by atoms with Gasteiger partial charge in [-0.2, -0.15) is 0 Å². The standard InChI is InChI=1S/C23H27ClN2O4/c1-15(2)25-23(28)16(3)26(13-18-6-4-5-7-19(18)24)22(27)11-9-17-8-10-20-21(12-17)30-14-29-20/h4-8,10,12,15-16H,9,11,13-14H2,1-3H3,(H,25,28)/t16-/m0/s1. The molecule has 7 heteroatoms. The molecular weight excluding hydrogens is 404 g/mol. The van der Waals surface area contributed by atoms with Gasteiger partial charge in [0.15, 0.2) is 11.5 Å². The highest BCUT2D eigenvalue weighted by atomic mass is 35.5. The Morgan fingerprint density at radius 3 is 2.57 bits per heavy atom. The van der Waals surface area contributed by atoms with Gasteiger partial charge in [-0.25, -0.2) is 0 Å². The molecule has 0 unspecified atom stereocenters. The van der Waals surface area contributed by atoms with Gasteiger partial charge in [0, 0.05) is 24.0 Å². The Bertz CT molecular complexity index is 916. The van der Waals surface area contributed by atoms with E-state index in [1.807, 2.05) is 50.2 Å². The number of hydrogen-bond donors (Lipinski definition) is 1. The van der Waals surface area contributed by atoms with Crippen LogP contribution in [0.1, 0.15) is 38.3 Å². The minimum atomic E-state index is -0.618. The molecule has 1 atom stereocenters. The fourth-order valence-corrected chi connectivity index (χ4v) is 3.48. The Balaban J connectivity index is 1.73. The third-order valence-electron chi connectivity index (χ3n) is 4.96. The van der Waals surface area contributed by atoms with Crippen LogP contribution in [0.15, 0.2) is 42.5 Å². The lowest BCUT2D eigenvalue weighted by Crippen LogP contribution is -2.49. The molecule has 0 fully saturated rings. The summed E-state index contributed by atoms with van der Waals surface area (Å²) in [5.41, 5.74) is 1.78. The molecule has 0 bridgehead atoms. The normalized spacial score (nSPS) is 13.2. The average molecular weight is 431 g/mol. The van der Waals surface area contributed by atoms with E-state index in [2.05, 4.69) is 5.32 Å². The first-order chi connectivity index (χ1) is 14.3. The van der Waals surface area contributed by atoms with E-state index in [-0.39, 0.29) is 37.6 Å². The molecule has 30 heavy (non-hydrogen) atoms. The van der Waals surface area contributed by atoms with Crippen molar-refractivity contribution in [1.29, 1.82) is 0 Å². The second kappa shape index (κ2) is 9.85. The van der Waals surface area contributed by atoms with Crippen LogP contribution in [0.5, 0.6) is 11.5 Å². The van der Waals surface area contributed by atoms with E-state index in [1.165, 1.54) is 0 Å². The molecule has 0 saturated heterocycles. The molecule has 2 aromatic carbocycles. The molecule has 1 N–H and O–H groups in total. The molecule has 0 aliphatic carbocycles. The van der Waals surface area contributed by atoms with Crippen LogP contribution in [0.25, 0.3) is 0 Å². The minimum absolute atomic E-state index is 0.00847. The minimum Gasteiger partial charge on any atom is -0.454 e. The van der Waals surface area contributed by atoms with E-state index >= 15 is 0 Å². The van der Waals surface area contributed by atoms with Crippen LogP contribution in [0.2, 0.25) is 5.02 Å². The van der Waals surface area contributed by atoms with E-state index in [4.69, 9.17) is 21.1 Å². The fraction of sp³-hybridized carbons (Fsp3) is 0.391. The van der Waals surface area contributed by atoms with Crippen molar-refractivity contribution in [1.82, 2.24) is 10.2 Å². The summed E-state index contributed by atoms with van der Waals surface area (Å²) in [6.07, 6.45) is 0.802. The summed E-state index contributed by atoms with van der Waals surface area (Å²) in [6, 6.07) is 12.4. The van der Waals surface area contributed by atoms with Crippen molar-refractivity contribution >= 4 is 23.4 Å². The van der Waals surface area contributed by atoms with Gasteiger partial charge in [0.1, 0.15) is 6.04 Å². The molecule has 2 amide bonds. The van der Waals surface area contributed by atoms with Crippen LogP contribution in [-0.2, 0) is 22.6 Å². The van der Waals surface area contributed by atoms with Crippen molar-refractivity contribution in [3.8, 4) is 11.5 Å². The van der Waals surface area contributed by atoms with E-state index < -0.39 is 6.04 Å². The number of carbonyl (C=O) groups excluding carboxylic acids is 2. The van der Waals surface area contributed by atoms with Crippen molar-refractivity contribution in [3.63, 3.8) is 0 Å². The maximum Gasteiger partial charge on any atom is 0.242 e. The number of amides is 2. The average Bonchev–Trinajstić information content (AvgIpc) is 3.18. The number of fused-ring (bicyclic) bond motifs is 1. The summed E-state index contributed by atoms with van der Waals surface area (Å²) >= 11 is 6.30. The lowest BCUT2D eigenvalue weighted by atomic mass is 10.1. The third kappa shape index (κ3) is 5.45. The number of rotatable bonds is 8. The SMILES string of the molecule is CC(C)NC(=O)[C@H](C)N(Cc1ccccc1Cl)C(=O)CCc1ccc2c(c1)OCO2. The number of hydrogen-bond acceptors (Lipinski definition) is 4. The molecule has 6 nitrogen and oxygen atoms in total. The molecule has 160 valence electrons. The third-order valence-corrected chi connectivity index (χ3v) is 5.33. The predicted octanol–water partition coefficient (Wildman–Crippen LogP) is 3.94. The summed E-state index contributed by atoms with van der Waals surface area (Å²) in [5.74, 6) is 1.11. The van der Waals surface area contributed by atoms with Crippen molar-refractivity contribution in [2.75, 3.05) is 6.79 Å². The van der Waals surface area contributed by atoms with Crippen molar-refractivity contribution in [2.45, 2.75) is 52.2 Å². The second-order valence-electron chi connectivity index (χ2n) is 7.64. The van der Waals surface area contributed by atoms with Crippen molar-refractivity contribution in [2.24, 2.45) is 0 Å². The maximum atomic E-state index is 13.1. The van der Waals surface area contributed by atoms with Gasteiger partial charge in [0.2, 0.25) is 18.6 Å². The smallest absolute Gasteiger partial charge is 0.242 e. The Morgan fingerprint density at radius 2 is 1.83 bits per heavy atom. The quantitative estimate of drug-likeness (QED) is 0.688. The number of aryl methyl sites for hydroxylation is 1. The maximum absolute atomic E-state index is 13.1. The van der Waals surface area contributed by atoms with E-state index in [0.29, 0.717) is 22.9 Å². The van der Waals surface area contributed by atoms with E-state index in [0.717, 1.165) is 11.1 Å². The van der Waals surface area contributed by atoms with Gasteiger partial charge in [-0.1, -0.05) is 35.9 Å². The van der Waals surface area contributed by atoms with Gasteiger partial charge >= 0.3 is 0 Å². The zero-order chi connectivity index (χ0) is 21.7. The van der Waals surface area contributed by atoms with Crippen LogP contribution in [0, 0.1) is 0 Å². The first-order valence-electron chi connectivity index (χ1n) is 10.1. The number of halogens is 1. The second-order valence-corrected chi connectivity index (χ2v) is 8.05. The first kappa shape index (κ1) is 22.0. The molecule has 1 aliphatic heterocycles. The highest BCUT2D eigenvalue weighted by Gasteiger charge is 2.27. The van der Waals surface area contributed by atoms with Crippen LogP contribution in [0.4, 0.5) is 0 Å². The highest BCUT2D eigenvalue weighted by molar-refractivity contribution is 6.31. The number of nitrogens with one attached hydrogen (secondary N) is 1. The van der Waals surface area contributed by atoms with Crippen LogP contribution >= 0.6 is 11.6 Å². The fourth-order valence-electron chi connectivity index (χ4n) is 3.29. The Hall–Kier alpha value is -2.73. The topological polar surface area (TPSA) is 67.9 Å². The predicted molar refractivity (Wildman–Crippen MR) is 116 cm³/mol. The summed E-state index contributed by atoms with van der Waals surface area (Å²) < 4.78 is 10.7. The lowest BCUT2D eigenvalue weighted by Gasteiger charge is -2.29. The van der Waals surface area contributed by atoms with Crippen molar-refractivity contribution < 1.29 is 19.1 Å². The lowest BCUT2D eigenvalue weighted by molar-refractivity contribution is -0.140. The van der Waals surface area contributed by atoms with Crippen LogP contribution < -0.4 is 14.8 Å². The first-order valence-corrected chi connectivity index (χ1v) is 10.4. The van der Waals surface area contributed by atoms with Gasteiger partial charge in [-0.3, -0.25) is 9.59 Å². The van der Waals surface area contributed by atoms with Gasteiger partial charge in [-0.05, 0) is 56.5 Å². The number of benzene rings is 2. The molecule has 1 aliphatic rings. The zero-order valence-corrected chi connectivity index (χ0v) is 18.2. The van der Waals surface area contributed by atoms with Crippen molar-refractivity contribution in [3.05, 3.63) is 58.6 Å². The summed E-state index contributed by atoms with van der Waals surface area (Å²) in [7, 11) is 0. The number of nitrogens with zero attached hydrogens (tertiary/aromatic N) is 1. The molecular formula is C23H27ClN2O4. The highest BCUT2D eigenvalue weighted by Crippen LogP contribution is 2.32. The molecule has 3 rings (SSSR count). The van der Waals surface area contributed by atoms with Gasteiger partial charge < -0.3 is 19.7 Å². The molecule has 0 radical (unpaired) electrons. The molecule has 0 spiro atoms. The number of ether oxygens (including phenoxy) is 2. The van der Waals surface area contributed by atoms with Gasteiger partial charge in [0.05, 0.1) is 0 Å². The molecule has 0 aromatic heterocycles. The van der Waals surface area contributed by atoms with Crippen LogP contribution in [0.3, 0.4) is 0 Å². The van der Waals surface area contributed by atoms with E-state index in [1.54, 1.807) is 17.9 Å². The molecule has 1 heterocycles. The monoisotopic (exact) mass is 430 g/mol. The Morgan fingerprint density at radius 1 is 1.10 bits per heavy atom. The number of carbonyl (C=O) groups is 2. The zero-order valence-electron chi connectivity index (χ0n) is 17.5. The van der Waals surface area contributed by atoms with Gasteiger partial charge in [-0.15, -0.1) is 0 Å².